The number of unbranched alkanes of at least 4 members (excludes halogenated alkanes) is 1. The maximum Gasteiger partial charge on any atom is 0.191 e. The van der Waals surface area contributed by atoms with Crippen LogP contribution < -0.4 is 10.6 Å². The highest BCUT2D eigenvalue weighted by atomic mass is 16.5. The minimum Gasteiger partial charge on any atom is -0.377 e. The zero-order chi connectivity index (χ0) is 16.4. The third kappa shape index (κ3) is 7.99. The van der Waals surface area contributed by atoms with Crippen LogP contribution in [0.5, 0.6) is 0 Å². The van der Waals surface area contributed by atoms with E-state index in [1.807, 2.05) is 7.05 Å². The standard InChI is InChI=1S/C17H36N4O/c1-15-8-12-21(13-9-15)11-7-6-10-19-16(18-4)20-14-17(2,3)22-5/h15H,6-14H2,1-5H3,(H2,18,19,20). The van der Waals surface area contributed by atoms with Crippen LogP contribution in [0.15, 0.2) is 4.99 Å². The zero-order valence-corrected chi connectivity index (χ0v) is 15.2. The van der Waals surface area contributed by atoms with Gasteiger partial charge < -0.3 is 20.3 Å². The van der Waals surface area contributed by atoms with Gasteiger partial charge in [0.25, 0.3) is 0 Å². The van der Waals surface area contributed by atoms with Gasteiger partial charge in [-0.2, -0.15) is 0 Å². The van der Waals surface area contributed by atoms with Crippen LogP contribution in [0.1, 0.15) is 46.5 Å². The second kappa shape index (κ2) is 10.1. The van der Waals surface area contributed by atoms with Gasteiger partial charge in [0.2, 0.25) is 0 Å². The van der Waals surface area contributed by atoms with E-state index >= 15 is 0 Å². The molecular weight excluding hydrogens is 276 g/mol. The van der Waals surface area contributed by atoms with E-state index in [9.17, 15) is 0 Å². The first-order chi connectivity index (χ1) is 10.5. The summed E-state index contributed by atoms with van der Waals surface area (Å²) in [6.07, 6.45) is 5.16. The minimum absolute atomic E-state index is 0.178. The van der Waals surface area contributed by atoms with Crippen molar-refractivity contribution in [2.45, 2.75) is 52.1 Å². The Morgan fingerprint density at radius 2 is 1.91 bits per heavy atom. The number of ether oxygens (including phenoxy) is 1. The molecule has 130 valence electrons. The monoisotopic (exact) mass is 312 g/mol. The van der Waals surface area contributed by atoms with Crippen molar-refractivity contribution in [3.8, 4) is 0 Å². The fraction of sp³-hybridized carbons (Fsp3) is 0.941. The Morgan fingerprint density at radius 3 is 2.50 bits per heavy atom. The molecule has 1 fully saturated rings. The van der Waals surface area contributed by atoms with Crippen molar-refractivity contribution in [3.63, 3.8) is 0 Å². The quantitative estimate of drug-likeness (QED) is 0.409. The lowest BCUT2D eigenvalue weighted by Gasteiger charge is -2.30. The van der Waals surface area contributed by atoms with E-state index in [1.165, 1.54) is 45.3 Å². The van der Waals surface area contributed by atoms with Crippen LogP contribution in [0.4, 0.5) is 0 Å². The molecule has 0 aromatic heterocycles. The molecule has 1 rings (SSSR count). The average molecular weight is 313 g/mol. The van der Waals surface area contributed by atoms with Crippen molar-refractivity contribution < 1.29 is 4.74 Å². The lowest BCUT2D eigenvalue weighted by molar-refractivity contribution is 0.0268. The highest BCUT2D eigenvalue weighted by molar-refractivity contribution is 5.79. The summed E-state index contributed by atoms with van der Waals surface area (Å²) in [6, 6.07) is 0. The van der Waals surface area contributed by atoms with Gasteiger partial charge in [-0.1, -0.05) is 6.92 Å². The first-order valence-corrected chi connectivity index (χ1v) is 8.69. The van der Waals surface area contributed by atoms with E-state index in [0.29, 0.717) is 0 Å². The molecule has 0 spiro atoms. The van der Waals surface area contributed by atoms with Gasteiger partial charge in [0.1, 0.15) is 0 Å². The summed E-state index contributed by atoms with van der Waals surface area (Å²) in [5.74, 6) is 1.78. The van der Waals surface area contributed by atoms with Gasteiger partial charge in [-0.3, -0.25) is 4.99 Å². The smallest absolute Gasteiger partial charge is 0.191 e. The maximum atomic E-state index is 5.40. The highest BCUT2D eigenvalue weighted by Crippen LogP contribution is 2.16. The molecule has 22 heavy (non-hydrogen) atoms. The third-order valence-electron chi connectivity index (χ3n) is 4.53. The van der Waals surface area contributed by atoms with Crippen LogP contribution in [-0.2, 0) is 4.74 Å². The van der Waals surface area contributed by atoms with E-state index in [1.54, 1.807) is 7.11 Å². The summed E-state index contributed by atoms with van der Waals surface area (Å²) in [4.78, 5) is 6.86. The summed E-state index contributed by atoms with van der Waals surface area (Å²) < 4.78 is 5.40. The molecule has 1 aliphatic heterocycles. The molecule has 5 heteroatoms. The molecule has 0 aromatic carbocycles. The van der Waals surface area contributed by atoms with Gasteiger partial charge in [0.15, 0.2) is 5.96 Å². The van der Waals surface area contributed by atoms with E-state index < -0.39 is 0 Å². The van der Waals surface area contributed by atoms with Gasteiger partial charge in [0.05, 0.1) is 5.60 Å². The normalized spacial score (nSPS) is 18.5. The molecule has 5 nitrogen and oxygen atoms in total. The molecular formula is C17H36N4O. The van der Waals surface area contributed by atoms with Crippen molar-refractivity contribution in [1.29, 1.82) is 0 Å². The van der Waals surface area contributed by atoms with Gasteiger partial charge in [0, 0.05) is 27.2 Å². The van der Waals surface area contributed by atoms with E-state index in [4.69, 9.17) is 4.74 Å². The summed E-state index contributed by atoms with van der Waals surface area (Å²) in [5, 5.41) is 6.68. The molecule has 0 atom stereocenters. The van der Waals surface area contributed by atoms with Gasteiger partial charge in [-0.25, -0.2) is 0 Å². The molecule has 0 aromatic rings. The Labute approximate surface area is 136 Å². The summed E-state index contributed by atoms with van der Waals surface area (Å²) in [7, 11) is 3.54. The molecule has 0 saturated carbocycles. The Balaban J connectivity index is 2.07. The van der Waals surface area contributed by atoms with Crippen molar-refractivity contribution >= 4 is 5.96 Å². The van der Waals surface area contributed by atoms with E-state index in [-0.39, 0.29) is 5.60 Å². The third-order valence-corrected chi connectivity index (χ3v) is 4.53. The Morgan fingerprint density at radius 1 is 1.23 bits per heavy atom. The van der Waals surface area contributed by atoms with Crippen LogP contribution in [0, 0.1) is 5.92 Å². The Hall–Kier alpha value is -0.810. The molecule has 1 aliphatic rings. The summed E-state index contributed by atoms with van der Waals surface area (Å²) in [6.45, 7) is 12.0. The number of aliphatic imine (C=N–C) groups is 1. The number of guanidine groups is 1. The van der Waals surface area contributed by atoms with Crippen LogP contribution in [0.2, 0.25) is 0 Å². The predicted octanol–water partition coefficient (Wildman–Crippen LogP) is 2.09. The van der Waals surface area contributed by atoms with Crippen LogP contribution in [0.25, 0.3) is 0 Å². The molecule has 0 radical (unpaired) electrons. The molecule has 0 amide bonds. The zero-order valence-electron chi connectivity index (χ0n) is 15.2. The number of hydrogen-bond donors (Lipinski definition) is 2. The topological polar surface area (TPSA) is 48.9 Å². The Bertz CT molecular complexity index is 323. The van der Waals surface area contributed by atoms with Crippen molar-refractivity contribution in [3.05, 3.63) is 0 Å². The summed E-state index contributed by atoms with van der Waals surface area (Å²) in [5.41, 5.74) is -0.178. The number of hydrogen-bond acceptors (Lipinski definition) is 3. The SMILES string of the molecule is CN=C(NCCCCN1CCC(C)CC1)NCC(C)(C)OC. The van der Waals surface area contributed by atoms with Gasteiger partial charge >= 0.3 is 0 Å². The molecule has 1 heterocycles. The largest absolute Gasteiger partial charge is 0.377 e. The first-order valence-electron chi connectivity index (χ1n) is 8.69. The molecule has 0 unspecified atom stereocenters. The molecule has 1 saturated heterocycles. The van der Waals surface area contributed by atoms with Gasteiger partial charge in [-0.15, -0.1) is 0 Å². The molecule has 0 bridgehead atoms. The highest BCUT2D eigenvalue weighted by Gasteiger charge is 2.16. The summed E-state index contributed by atoms with van der Waals surface area (Å²) >= 11 is 0. The van der Waals surface area contributed by atoms with Crippen molar-refractivity contribution in [2.24, 2.45) is 10.9 Å². The van der Waals surface area contributed by atoms with Crippen LogP contribution >= 0.6 is 0 Å². The fourth-order valence-corrected chi connectivity index (χ4v) is 2.54. The van der Waals surface area contributed by atoms with Crippen LogP contribution in [-0.4, -0.2) is 63.3 Å². The number of methoxy groups -OCH3 is 1. The maximum absolute atomic E-state index is 5.40. The Kier molecular flexibility index (Phi) is 8.79. The number of rotatable bonds is 8. The minimum atomic E-state index is -0.178. The number of likely N-dealkylation sites (tertiary alicyclic amines) is 1. The first kappa shape index (κ1) is 19.2. The second-order valence-corrected chi connectivity index (χ2v) is 7.05. The number of nitrogens with one attached hydrogen (secondary N) is 2. The predicted molar refractivity (Wildman–Crippen MR) is 94.5 cm³/mol. The second-order valence-electron chi connectivity index (χ2n) is 7.05. The molecule has 0 aliphatic carbocycles. The van der Waals surface area contributed by atoms with Crippen LogP contribution in [0.3, 0.4) is 0 Å². The van der Waals surface area contributed by atoms with Crippen molar-refractivity contribution in [2.75, 3.05) is 46.9 Å². The molecule has 2 N–H and O–H groups in total. The number of nitrogens with zero attached hydrogens (tertiary/aromatic N) is 2. The van der Waals surface area contributed by atoms with E-state index in [0.717, 1.165) is 25.0 Å². The van der Waals surface area contributed by atoms with Gasteiger partial charge in [-0.05, 0) is 65.1 Å². The lowest BCUT2D eigenvalue weighted by atomic mass is 9.99. The van der Waals surface area contributed by atoms with Crippen molar-refractivity contribution in [1.82, 2.24) is 15.5 Å². The fourth-order valence-electron chi connectivity index (χ4n) is 2.54. The average Bonchev–Trinajstić information content (AvgIpc) is 2.51. The lowest BCUT2D eigenvalue weighted by Crippen LogP contribution is -2.45. The number of piperidine rings is 1. The van der Waals surface area contributed by atoms with E-state index in [2.05, 4.69) is 41.3 Å².